The zero-order valence-corrected chi connectivity index (χ0v) is 14.6. The van der Waals surface area contributed by atoms with Gasteiger partial charge in [0.05, 0.1) is 5.69 Å². The van der Waals surface area contributed by atoms with Crippen molar-refractivity contribution in [2.75, 3.05) is 19.7 Å². The molecule has 1 aliphatic rings. The Morgan fingerprint density at radius 3 is 2.44 bits per heavy atom. The number of piperidine rings is 1. The first-order valence-corrected chi connectivity index (χ1v) is 8.54. The van der Waals surface area contributed by atoms with E-state index in [0.717, 1.165) is 24.3 Å². The van der Waals surface area contributed by atoms with Crippen LogP contribution < -0.4 is 9.47 Å². The van der Waals surface area contributed by atoms with Crippen molar-refractivity contribution in [1.29, 1.82) is 0 Å². The van der Waals surface area contributed by atoms with Crippen LogP contribution >= 0.6 is 0 Å². The molecule has 6 heteroatoms. The summed E-state index contributed by atoms with van der Waals surface area (Å²) in [6.07, 6.45) is 1.64. The summed E-state index contributed by atoms with van der Waals surface area (Å²) in [4.78, 5) is 14.1. The average Bonchev–Trinajstić information content (AvgIpc) is 2.63. The Hall–Kier alpha value is -2.63. The van der Waals surface area contributed by atoms with Crippen molar-refractivity contribution >= 4 is 5.91 Å². The molecule has 1 aromatic carbocycles. The van der Waals surface area contributed by atoms with Gasteiger partial charge in [-0.05, 0) is 32.0 Å². The van der Waals surface area contributed by atoms with Gasteiger partial charge in [0.25, 0.3) is 5.91 Å². The van der Waals surface area contributed by atoms with E-state index in [2.05, 4.69) is 10.2 Å². The van der Waals surface area contributed by atoms with E-state index in [1.807, 2.05) is 55.1 Å². The number of amides is 1. The van der Waals surface area contributed by atoms with Gasteiger partial charge in [-0.3, -0.25) is 4.79 Å². The Bertz CT molecular complexity index is 693. The number of aromatic nitrogens is 2. The van der Waals surface area contributed by atoms with Crippen LogP contribution in [0.5, 0.6) is 11.6 Å². The summed E-state index contributed by atoms with van der Waals surface area (Å²) in [6, 6.07) is 11.4. The number of hydrogen-bond donors (Lipinski definition) is 0. The lowest BCUT2D eigenvalue weighted by atomic mass is 10.1. The van der Waals surface area contributed by atoms with Crippen molar-refractivity contribution in [3.05, 3.63) is 47.7 Å². The molecule has 1 fully saturated rings. The van der Waals surface area contributed by atoms with Gasteiger partial charge in [0.2, 0.25) is 5.88 Å². The molecule has 0 N–H and O–H groups in total. The minimum Gasteiger partial charge on any atom is -0.484 e. The summed E-state index contributed by atoms with van der Waals surface area (Å²) in [6.45, 7) is 5.31. The van der Waals surface area contributed by atoms with E-state index in [1.165, 1.54) is 5.56 Å². The van der Waals surface area contributed by atoms with Crippen molar-refractivity contribution in [3.63, 3.8) is 0 Å². The number of nitrogens with zero attached hydrogens (tertiary/aromatic N) is 3. The number of carbonyl (C=O) groups excluding carboxylic acids is 1. The zero-order valence-electron chi connectivity index (χ0n) is 14.6. The average molecular weight is 341 g/mol. The van der Waals surface area contributed by atoms with Gasteiger partial charge < -0.3 is 14.4 Å². The maximum Gasteiger partial charge on any atom is 0.260 e. The van der Waals surface area contributed by atoms with E-state index < -0.39 is 0 Å². The molecule has 0 aliphatic carbocycles. The maximum atomic E-state index is 12.3. The predicted octanol–water partition coefficient (Wildman–Crippen LogP) is 2.54. The summed E-state index contributed by atoms with van der Waals surface area (Å²) in [7, 11) is 0. The lowest BCUT2D eigenvalue weighted by molar-refractivity contribution is -0.135. The first kappa shape index (κ1) is 17.2. The van der Waals surface area contributed by atoms with Crippen molar-refractivity contribution in [1.82, 2.24) is 15.1 Å². The Kier molecular flexibility index (Phi) is 5.48. The molecule has 6 nitrogen and oxygen atoms in total. The maximum absolute atomic E-state index is 12.3. The van der Waals surface area contributed by atoms with Crippen LogP contribution in [0.25, 0.3) is 0 Å². The van der Waals surface area contributed by atoms with Gasteiger partial charge in [-0.2, -0.15) is 5.10 Å². The molecule has 0 spiro atoms. The molecule has 0 saturated carbocycles. The molecule has 2 aromatic rings. The Morgan fingerprint density at radius 1 is 1.08 bits per heavy atom. The summed E-state index contributed by atoms with van der Waals surface area (Å²) in [5.74, 6) is 1.27. The highest BCUT2D eigenvalue weighted by Gasteiger charge is 2.24. The van der Waals surface area contributed by atoms with Crippen LogP contribution in [0.4, 0.5) is 0 Å². The Labute approximate surface area is 147 Å². The molecule has 2 heterocycles. The second kappa shape index (κ2) is 7.96. The third kappa shape index (κ3) is 4.92. The van der Waals surface area contributed by atoms with Crippen LogP contribution in [0, 0.1) is 13.8 Å². The van der Waals surface area contributed by atoms with Gasteiger partial charge >= 0.3 is 0 Å². The molecule has 132 valence electrons. The molecule has 0 radical (unpaired) electrons. The molecule has 1 aromatic heterocycles. The largest absolute Gasteiger partial charge is 0.484 e. The number of aryl methyl sites for hydroxylation is 2. The molecule has 1 amide bonds. The number of carbonyl (C=O) groups is 1. The lowest BCUT2D eigenvalue weighted by Crippen LogP contribution is -2.43. The molecular weight excluding hydrogens is 318 g/mol. The van der Waals surface area contributed by atoms with E-state index in [9.17, 15) is 4.79 Å². The molecule has 1 saturated heterocycles. The van der Waals surface area contributed by atoms with E-state index >= 15 is 0 Å². The van der Waals surface area contributed by atoms with Crippen LogP contribution in [-0.2, 0) is 4.79 Å². The number of rotatable bonds is 5. The van der Waals surface area contributed by atoms with Crippen LogP contribution in [0.3, 0.4) is 0 Å². The Morgan fingerprint density at radius 2 is 1.80 bits per heavy atom. The van der Waals surface area contributed by atoms with Crippen molar-refractivity contribution < 1.29 is 14.3 Å². The fraction of sp³-hybridized carbons (Fsp3) is 0.421. The van der Waals surface area contributed by atoms with Crippen molar-refractivity contribution in [2.24, 2.45) is 0 Å². The Balaban J connectivity index is 1.42. The number of likely N-dealkylation sites (tertiary alicyclic amines) is 1. The first-order chi connectivity index (χ1) is 12.1. The van der Waals surface area contributed by atoms with E-state index in [0.29, 0.717) is 19.0 Å². The minimum absolute atomic E-state index is 0.00847. The first-order valence-electron chi connectivity index (χ1n) is 8.54. The fourth-order valence-electron chi connectivity index (χ4n) is 2.71. The third-order valence-corrected chi connectivity index (χ3v) is 4.24. The topological polar surface area (TPSA) is 64.5 Å². The molecule has 0 bridgehead atoms. The molecule has 3 rings (SSSR count). The third-order valence-electron chi connectivity index (χ3n) is 4.24. The highest BCUT2D eigenvalue weighted by atomic mass is 16.5. The van der Waals surface area contributed by atoms with Crippen LogP contribution in [-0.4, -0.2) is 46.8 Å². The van der Waals surface area contributed by atoms with Gasteiger partial charge in [-0.15, -0.1) is 5.10 Å². The van der Waals surface area contributed by atoms with Gasteiger partial charge in [0, 0.05) is 32.0 Å². The highest BCUT2D eigenvalue weighted by Crippen LogP contribution is 2.17. The smallest absolute Gasteiger partial charge is 0.260 e. The summed E-state index contributed by atoms with van der Waals surface area (Å²) < 4.78 is 11.4. The SMILES string of the molecule is Cc1ccc(OCC(=O)N2CCC(Oc3ccc(C)nn3)CC2)cc1. The van der Waals surface area contributed by atoms with Gasteiger partial charge in [-0.25, -0.2) is 0 Å². The minimum atomic E-state index is 0.00847. The highest BCUT2D eigenvalue weighted by molar-refractivity contribution is 5.77. The van der Waals surface area contributed by atoms with Crippen molar-refractivity contribution in [2.45, 2.75) is 32.8 Å². The van der Waals surface area contributed by atoms with Gasteiger partial charge in [-0.1, -0.05) is 17.7 Å². The zero-order chi connectivity index (χ0) is 17.6. The lowest BCUT2D eigenvalue weighted by Gasteiger charge is -2.31. The van der Waals surface area contributed by atoms with Gasteiger partial charge in [0.1, 0.15) is 11.9 Å². The number of ether oxygens (including phenoxy) is 2. The summed E-state index contributed by atoms with van der Waals surface area (Å²) in [5.41, 5.74) is 2.03. The quantitative estimate of drug-likeness (QED) is 0.836. The number of benzene rings is 1. The van der Waals surface area contributed by atoms with E-state index in [4.69, 9.17) is 9.47 Å². The monoisotopic (exact) mass is 341 g/mol. The molecular formula is C19H23N3O3. The molecule has 0 unspecified atom stereocenters. The van der Waals surface area contributed by atoms with Crippen LogP contribution in [0.2, 0.25) is 0 Å². The van der Waals surface area contributed by atoms with Crippen molar-refractivity contribution in [3.8, 4) is 11.6 Å². The van der Waals surface area contributed by atoms with E-state index in [-0.39, 0.29) is 18.6 Å². The fourth-order valence-corrected chi connectivity index (χ4v) is 2.71. The predicted molar refractivity (Wildman–Crippen MR) is 93.7 cm³/mol. The van der Waals surface area contributed by atoms with E-state index in [1.54, 1.807) is 0 Å². The number of hydrogen-bond acceptors (Lipinski definition) is 5. The molecule has 25 heavy (non-hydrogen) atoms. The standard InChI is InChI=1S/C19H23N3O3/c1-14-3-6-16(7-4-14)24-13-19(23)22-11-9-17(10-12-22)25-18-8-5-15(2)20-21-18/h3-8,17H,9-13H2,1-2H3. The summed E-state index contributed by atoms with van der Waals surface area (Å²) in [5, 5.41) is 8.01. The van der Waals surface area contributed by atoms with Crippen LogP contribution in [0.1, 0.15) is 24.1 Å². The summed E-state index contributed by atoms with van der Waals surface area (Å²) >= 11 is 0. The van der Waals surface area contributed by atoms with Crippen LogP contribution in [0.15, 0.2) is 36.4 Å². The molecule has 1 aliphatic heterocycles. The normalized spacial score (nSPS) is 15.0. The second-order valence-electron chi connectivity index (χ2n) is 6.31. The molecule has 0 atom stereocenters. The second-order valence-corrected chi connectivity index (χ2v) is 6.31. The van der Waals surface area contributed by atoms with Gasteiger partial charge in [0.15, 0.2) is 6.61 Å².